The van der Waals surface area contributed by atoms with Crippen molar-refractivity contribution in [2.45, 2.75) is 53.0 Å². The molecule has 0 heterocycles. The van der Waals surface area contributed by atoms with Gasteiger partial charge in [-0.25, -0.2) is 0 Å². The van der Waals surface area contributed by atoms with Crippen LogP contribution in [0.15, 0.2) is 12.1 Å². The summed E-state index contributed by atoms with van der Waals surface area (Å²) in [6.07, 6.45) is 3.08. The van der Waals surface area contributed by atoms with Crippen LogP contribution in [0.4, 0.5) is 0 Å². The minimum absolute atomic E-state index is 0.256. The molecular weight excluding hydrogens is 266 g/mol. The van der Waals surface area contributed by atoms with Crippen molar-refractivity contribution in [3.8, 4) is 5.75 Å². The summed E-state index contributed by atoms with van der Waals surface area (Å²) in [7, 11) is 0. The molecule has 0 aliphatic heterocycles. The van der Waals surface area contributed by atoms with Gasteiger partial charge in [0.25, 0.3) is 0 Å². The highest BCUT2D eigenvalue weighted by Crippen LogP contribution is 2.25. The second kappa shape index (κ2) is 9.30. The molecule has 1 atom stereocenters. The monoisotopic (exact) mass is 295 g/mol. The number of hydrogen-bond acceptors (Lipinski definition) is 3. The maximum absolute atomic E-state index is 6.04. The summed E-state index contributed by atoms with van der Waals surface area (Å²) < 4.78 is 5.96. The highest BCUT2D eigenvalue weighted by Gasteiger charge is 2.08. The van der Waals surface area contributed by atoms with Gasteiger partial charge in [0.1, 0.15) is 5.75 Å². The van der Waals surface area contributed by atoms with Crippen LogP contribution in [0.25, 0.3) is 0 Å². The van der Waals surface area contributed by atoms with Gasteiger partial charge in [0, 0.05) is 6.04 Å². The summed E-state index contributed by atoms with van der Waals surface area (Å²) >= 11 is 1.97. The molecule has 0 fully saturated rings. The van der Waals surface area contributed by atoms with Gasteiger partial charge in [-0.15, -0.1) is 0 Å². The normalized spacial score (nSPS) is 12.4. The Morgan fingerprint density at radius 2 is 1.85 bits per heavy atom. The van der Waals surface area contributed by atoms with Gasteiger partial charge in [0.2, 0.25) is 0 Å². The van der Waals surface area contributed by atoms with Crippen LogP contribution in [0.3, 0.4) is 0 Å². The number of aryl methyl sites for hydroxylation is 2. The van der Waals surface area contributed by atoms with Crippen LogP contribution in [0.2, 0.25) is 0 Å². The molecule has 0 saturated heterocycles. The molecule has 0 spiro atoms. The van der Waals surface area contributed by atoms with Crippen molar-refractivity contribution in [1.82, 2.24) is 0 Å². The fourth-order valence-corrected chi connectivity index (χ4v) is 2.92. The molecule has 0 aliphatic rings. The van der Waals surface area contributed by atoms with E-state index in [1.807, 2.05) is 11.8 Å². The smallest absolute Gasteiger partial charge is 0.125 e. The molecule has 1 aromatic rings. The molecular formula is C17H29NOS. The highest BCUT2D eigenvalue weighted by atomic mass is 32.2. The number of hydrogen-bond donors (Lipinski definition) is 1. The molecule has 0 amide bonds. The van der Waals surface area contributed by atoms with E-state index in [1.54, 1.807) is 0 Å². The van der Waals surface area contributed by atoms with Gasteiger partial charge < -0.3 is 10.5 Å². The first-order chi connectivity index (χ1) is 9.58. The molecule has 0 bridgehead atoms. The van der Waals surface area contributed by atoms with Gasteiger partial charge in [-0.05, 0) is 61.3 Å². The van der Waals surface area contributed by atoms with E-state index >= 15 is 0 Å². The molecule has 0 aliphatic carbocycles. The fraction of sp³-hybridized carbons (Fsp3) is 0.647. The Bertz CT molecular complexity index is 383. The van der Waals surface area contributed by atoms with Crippen LogP contribution in [-0.4, -0.2) is 24.2 Å². The van der Waals surface area contributed by atoms with Crippen LogP contribution in [0.1, 0.15) is 43.4 Å². The maximum atomic E-state index is 6.04. The van der Waals surface area contributed by atoms with Gasteiger partial charge in [-0.3, -0.25) is 0 Å². The summed E-state index contributed by atoms with van der Waals surface area (Å²) in [6, 6.07) is 4.70. The van der Waals surface area contributed by atoms with Gasteiger partial charge in [-0.1, -0.05) is 26.0 Å². The van der Waals surface area contributed by atoms with E-state index in [0.717, 1.165) is 31.6 Å². The third-order valence-corrected chi connectivity index (χ3v) is 4.41. The van der Waals surface area contributed by atoms with Gasteiger partial charge in [0.05, 0.1) is 6.61 Å². The molecule has 114 valence electrons. The topological polar surface area (TPSA) is 35.2 Å². The Morgan fingerprint density at radius 1 is 1.20 bits per heavy atom. The van der Waals surface area contributed by atoms with Crippen molar-refractivity contribution < 1.29 is 4.74 Å². The van der Waals surface area contributed by atoms with Crippen LogP contribution in [0.5, 0.6) is 5.75 Å². The zero-order valence-electron chi connectivity index (χ0n) is 13.4. The molecule has 0 aromatic heterocycles. The molecule has 2 nitrogen and oxygen atoms in total. The SMILES string of the molecule is CCSCCCOc1c(C)cc(CC(N)CC)cc1C. The standard InChI is InChI=1S/C17H29NOS/c1-5-16(18)12-15-10-13(3)17(14(4)11-15)19-8-7-9-20-6-2/h10-11,16H,5-9,12,18H2,1-4H3. The fourth-order valence-electron chi connectivity index (χ4n) is 2.31. The third kappa shape index (κ3) is 5.76. The van der Waals surface area contributed by atoms with Crippen molar-refractivity contribution in [3.05, 3.63) is 28.8 Å². The van der Waals surface area contributed by atoms with Crippen LogP contribution in [-0.2, 0) is 6.42 Å². The van der Waals surface area contributed by atoms with Crippen LogP contribution < -0.4 is 10.5 Å². The first-order valence-corrected chi connectivity index (χ1v) is 8.80. The zero-order valence-corrected chi connectivity index (χ0v) is 14.2. The predicted molar refractivity (Wildman–Crippen MR) is 91.0 cm³/mol. The lowest BCUT2D eigenvalue weighted by atomic mass is 9.99. The Balaban J connectivity index is 2.59. The van der Waals surface area contributed by atoms with E-state index in [1.165, 1.54) is 28.2 Å². The molecule has 2 N–H and O–H groups in total. The van der Waals surface area contributed by atoms with Gasteiger partial charge in [-0.2, -0.15) is 11.8 Å². The summed E-state index contributed by atoms with van der Waals surface area (Å²) in [5.41, 5.74) is 9.82. The number of nitrogens with two attached hydrogens (primary N) is 1. The predicted octanol–water partition coefficient (Wildman–Crippen LogP) is 4.11. The number of benzene rings is 1. The van der Waals surface area contributed by atoms with Gasteiger partial charge >= 0.3 is 0 Å². The number of ether oxygens (including phenoxy) is 1. The van der Waals surface area contributed by atoms with Crippen LogP contribution >= 0.6 is 11.8 Å². The van der Waals surface area contributed by atoms with Crippen molar-refractivity contribution in [3.63, 3.8) is 0 Å². The van der Waals surface area contributed by atoms with E-state index in [-0.39, 0.29) is 6.04 Å². The van der Waals surface area contributed by atoms with E-state index in [9.17, 15) is 0 Å². The second-order valence-corrected chi connectivity index (χ2v) is 6.72. The van der Waals surface area contributed by atoms with E-state index < -0.39 is 0 Å². The van der Waals surface area contributed by atoms with Crippen molar-refractivity contribution in [2.75, 3.05) is 18.1 Å². The van der Waals surface area contributed by atoms with E-state index in [0.29, 0.717) is 0 Å². The number of rotatable bonds is 9. The first kappa shape index (κ1) is 17.4. The van der Waals surface area contributed by atoms with Crippen molar-refractivity contribution in [1.29, 1.82) is 0 Å². The Morgan fingerprint density at radius 3 is 2.40 bits per heavy atom. The quantitative estimate of drug-likeness (QED) is 0.696. The molecule has 1 rings (SSSR count). The van der Waals surface area contributed by atoms with Crippen molar-refractivity contribution >= 4 is 11.8 Å². The van der Waals surface area contributed by atoms with Crippen LogP contribution in [0, 0.1) is 13.8 Å². The summed E-state index contributed by atoms with van der Waals surface area (Å²) in [6.45, 7) is 9.40. The molecule has 0 saturated carbocycles. The second-order valence-electron chi connectivity index (χ2n) is 5.33. The largest absolute Gasteiger partial charge is 0.493 e. The van der Waals surface area contributed by atoms with E-state index in [4.69, 9.17) is 10.5 Å². The molecule has 1 unspecified atom stereocenters. The minimum Gasteiger partial charge on any atom is -0.493 e. The lowest BCUT2D eigenvalue weighted by Gasteiger charge is -2.15. The Labute approximate surface area is 128 Å². The Kier molecular flexibility index (Phi) is 8.08. The highest BCUT2D eigenvalue weighted by molar-refractivity contribution is 7.99. The average molecular weight is 295 g/mol. The molecule has 3 heteroatoms. The molecule has 1 aromatic carbocycles. The zero-order chi connectivity index (χ0) is 15.0. The lowest BCUT2D eigenvalue weighted by Crippen LogP contribution is -2.21. The van der Waals surface area contributed by atoms with E-state index in [2.05, 4.69) is 39.8 Å². The summed E-state index contributed by atoms with van der Waals surface area (Å²) in [5, 5.41) is 0. The lowest BCUT2D eigenvalue weighted by molar-refractivity contribution is 0.314. The molecule has 20 heavy (non-hydrogen) atoms. The average Bonchev–Trinajstić information content (AvgIpc) is 2.41. The minimum atomic E-state index is 0.256. The number of thioether (sulfide) groups is 1. The third-order valence-electron chi connectivity index (χ3n) is 3.43. The first-order valence-electron chi connectivity index (χ1n) is 7.64. The Hall–Kier alpha value is -0.670. The summed E-state index contributed by atoms with van der Waals surface area (Å²) in [4.78, 5) is 0. The summed E-state index contributed by atoms with van der Waals surface area (Å²) in [5.74, 6) is 3.42. The molecule has 0 radical (unpaired) electrons. The maximum Gasteiger partial charge on any atom is 0.125 e. The van der Waals surface area contributed by atoms with Gasteiger partial charge in [0.15, 0.2) is 0 Å². The van der Waals surface area contributed by atoms with Crippen molar-refractivity contribution in [2.24, 2.45) is 5.73 Å².